The van der Waals surface area contributed by atoms with Crippen molar-refractivity contribution in [2.45, 2.75) is 12.5 Å². The molecule has 2 aromatic heterocycles. The summed E-state index contributed by atoms with van der Waals surface area (Å²) < 4.78 is 23.3. The van der Waals surface area contributed by atoms with E-state index in [4.69, 9.17) is 0 Å². The lowest BCUT2D eigenvalue weighted by atomic mass is 10.0. The van der Waals surface area contributed by atoms with E-state index in [2.05, 4.69) is 15.3 Å². The van der Waals surface area contributed by atoms with Gasteiger partial charge in [-0.25, -0.2) is 13.4 Å². The zero-order chi connectivity index (χ0) is 18.1. The number of hydrogen-bond donors (Lipinski definition) is 1. The van der Waals surface area contributed by atoms with Crippen LogP contribution in [0.1, 0.15) is 16.8 Å². The van der Waals surface area contributed by atoms with Crippen LogP contribution in [0.4, 0.5) is 0 Å². The van der Waals surface area contributed by atoms with Gasteiger partial charge in [-0.3, -0.25) is 9.78 Å². The Balaban J connectivity index is 1.74. The monoisotopic (exact) mass is 367 g/mol. The molecule has 1 atom stereocenters. The highest BCUT2D eigenvalue weighted by Crippen LogP contribution is 2.25. The summed E-state index contributed by atoms with van der Waals surface area (Å²) in [7, 11) is -3.05. The van der Waals surface area contributed by atoms with Gasteiger partial charge in [0.05, 0.1) is 28.3 Å². The van der Waals surface area contributed by atoms with Crippen molar-refractivity contribution in [1.82, 2.24) is 15.3 Å². The van der Waals surface area contributed by atoms with Gasteiger partial charge in [0.25, 0.3) is 5.91 Å². The Morgan fingerprint density at radius 1 is 1.15 bits per heavy atom. The van der Waals surface area contributed by atoms with Gasteiger partial charge in [-0.05, 0) is 30.7 Å². The molecule has 7 heteroatoms. The Labute approximate surface area is 151 Å². The van der Waals surface area contributed by atoms with Crippen LogP contribution in [0.5, 0.6) is 0 Å². The number of amides is 1. The molecule has 0 unspecified atom stereocenters. The normalized spacial score (nSPS) is 18.7. The standard InChI is InChI=1S/C19H17N3O3S/c23-19(21-14-7-9-26(24,25)12-14)16-10-18(13-4-3-8-20-11-13)22-17-6-2-1-5-15(16)17/h1-6,8,10-11,14H,7,9,12H2,(H,21,23)/t14-/m0/s1. The summed E-state index contributed by atoms with van der Waals surface area (Å²) in [5.74, 6) is -0.163. The van der Waals surface area contributed by atoms with Gasteiger partial charge in [0, 0.05) is 29.4 Å². The molecule has 1 aromatic carbocycles. The first-order valence-corrected chi connectivity index (χ1v) is 10.2. The van der Waals surface area contributed by atoms with Crippen LogP contribution >= 0.6 is 0 Å². The van der Waals surface area contributed by atoms with Crippen molar-refractivity contribution in [3.63, 3.8) is 0 Å². The Bertz CT molecular complexity index is 1080. The van der Waals surface area contributed by atoms with Crippen LogP contribution in [0, 0.1) is 0 Å². The highest BCUT2D eigenvalue weighted by molar-refractivity contribution is 7.91. The lowest BCUT2D eigenvalue weighted by Gasteiger charge is -2.13. The maximum absolute atomic E-state index is 12.9. The number of fused-ring (bicyclic) bond motifs is 1. The number of aromatic nitrogens is 2. The molecule has 132 valence electrons. The van der Waals surface area contributed by atoms with Crippen molar-refractivity contribution >= 4 is 26.6 Å². The van der Waals surface area contributed by atoms with E-state index >= 15 is 0 Å². The Morgan fingerprint density at radius 2 is 2.00 bits per heavy atom. The first-order chi connectivity index (χ1) is 12.5. The maximum atomic E-state index is 12.9. The average molecular weight is 367 g/mol. The third kappa shape index (κ3) is 3.30. The summed E-state index contributed by atoms with van der Waals surface area (Å²) in [6.45, 7) is 0. The minimum Gasteiger partial charge on any atom is -0.348 e. The molecule has 3 heterocycles. The molecule has 0 spiro atoms. The number of sulfone groups is 1. The largest absolute Gasteiger partial charge is 0.348 e. The minimum atomic E-state index is -3.05. The third-order valence-corrected chi connectivity index (χ3v) is 6.25. The van der Waals surface area contributed by atoms with Crippen LogP contribution < -0.4 is 5.32 Å². The molecule has 1 amide bonds. The smallest absolute Gasteiger partial charge is 0.252 e. The number of rotatable bonds is 3. The number of carbonyl (C=O) groups is 1. The van der Waals surface area contributed by atoms with E-state index in [9.17, 15) is 13.2 Å². The maximum Gasteiger partial charge on any atom is 0.252 e. The van der Waals surface area contributed by atoms with Gasteiger partial charge in [0.2, 0.25) is 0 Å². The third-order valence-electron chi connectivity index (χ3n) is 4.49. The number of nitrogens with one attached hydrogen (secondary N) is 1. The van der Waals surface area contributed by atoms with Crippen LogP contribution in [0.2, 0.25) is 0 Å². The Kier molecular flexibility index (Phi) is 4.16. The van der Waals surface area contributed by atoms with Gasteiger partial charge in [-0.1, -0.05) is 18.2 Å². The predicted octanol–water partition coefficient (Wildman–Crippen LogP) is 2.21. The lowest BCUT2D eigenvalue weighted by molar-refractivity contribution is 0.0943. The van der Waals surface area contributed by atoms with Crippen molar-refractivity contribution in [2.75, 3.05) is 11.5 Å². The first kappa shape index (κ1) is 16.7. The van der Waals surface area contributed by atoms with Crippen LogP contribution in [0.25, 0.3) is 22.2 Å². The molecule has 0 aliphatic carbocycles. The summed E-state index contributed by atoms with van der Waals surface area (Å²) in [6.07, 6.45) is 3.83. The van der Waals surface area contributed by atoms with E-state index in [1.54, 1.807) is 18.5 Å². The summed E-state index contributed by atoms with van der Waals surface area (Å²) in [4.78, 5) is 21.6. The summed E-state index contributed by atoms with van der Waals surface area (Å²) >= 11 is 0. The minimum absolute atomic E-state index is 0.00276. The molecule has 1 saturated heterocycles. The molecule has 0 bridgehead atoms. The van der Waals surface area contributed by atoms with Crippen molar-refractivity contribution < 1.29 is 13.2 Å². The van der Waals surface area contributed by atoms with Crippen LogP contribution in [-0.2, 0) is 9.84 Å². The lowest BCUT2D eigenvalue weighted by Crippen LogP contribution is -2.35. The summed E-state index contributed by atoms with van der Waals surface area (Å²) in [5, 5.41) is 3.59. The quantitative estimate of drug-likeness (QED) is 0.767. The molecule has 1 fully saturated rings. The molecule has 1 aliphatic heterocycles. The molecule has 1 N–H and O–H groups in total. The molecular weight excluding hydrogens is 350 g/mol. The van der Waals surface area contributed by atoms with Crippen LogP contribution in [0.3, 0.4) is 0 Å². The SMILES string of the molecule is O=C(N[C@H]1CCS(=O)(=O)C1)c1cc(-c2cccnc2)nc2ccccc12. The van der Waals surface area contributed by atoms with Gasteiger partial charge >= 0.3 is 0 Å². The fourth-order valence-electron chi connectivity index (χ4n) is 3.20. The fourth-order valence-corrected chi connectivity index (χ4v) is 4.87. The second-order valence-corrected chi connectivity index (χ2v) is 8.62. The predicted molar refractivity (Wildman–Crippen MR) is 99.5 cm³/mol. The van der Waals surface area contributed by atoms with E-state index in [0.717, 1.165) is 10.9 Å². The Morgan fingerprint density at radius 3 is 2.73 bits per heavy atom. The van der Waals surface area contributed by atoms with E-state index in [1.807, 2.05) is 36.4 Å². The highest BCUT2D eigenvalue weighted by Gasteiger charge is 2.29. The van der Waals surface area contributed by atoms with Crippen molar-refractivity contribution in [3.8, 4) is 11.3 Å². The number of nitrogens with zero attached hydrogens (tertiary/aromatic N) is 2. The molecule has 0 saturated carbocycles. The van der Waals surface area contributed by atoms with Gasteiger partial charge in [0.1, 0.15) is 0 Å². The van der Waals surface area contributed by atoms with E-state index in [-0.39, 0.29) is 23.5 Å². The molecule has 1 aliphatic rings. The van der Waals surface area contributed by atoms with Gasteiger partial charge in [-0.15, -0.1) is 0 Å². The number of para-hydroxylation sites is 1. The van der Waals surface area contributed by atoms with Crippen molar-refractivity contribution in [1.29, 1.82) is 0 Å². The van der Waals surface area contributed by atoms with E-state index < -0.39 is 9.84 Å². The summed E-state index contributed by atoms with van der Waals surface area (Å²) in [6, 6.07) is 12.5. The van der Waals surface area contributed by atoms with E-state index in [1.165, 1.54) is 0 Å². The number of carbonyl (C=O) groups excluding carboxylic acids is 1. The molecule has 3 aromatic rings. The molecule has 0 radical (unpaired) electrons. The van der Waals surface area contributed by atoms with Gasteiger partial charge in [-0.2, -0.15) is 0 Å². The topological polar surface area (TPSA) is 89.0 Å². The van der Waals surface area contributed by atoms with Crippen LogP contribution in [-0.4, -0.2) is 41.8 Å². The second-order valence-electron chi connectivity index (χ2n) is 6.39. The molecule has 6 nitrogen and oxygen atoms in total. The van der Waals surface area contributed by atoms with Crippen molar-refractivity contribution in [2.24, 2.45) is 0 Å². The van der Waals surface area contributed by atoms with Crippen molar-refractivity contribution in [3.05, 3.63) is 60.4 Å². The van der Waals surface area contributed by atoms with E-state index in [0.29, 0.717) is 23.2 Å². The number of benzene rings is 1. The first-order valence-electron chi connectivity index (χ1n) is 8.33. The average Bonchev–Trinajstić information content (AvgIpc) is 2.99. The molecule has 26 heavy (non-hydrogen) atoms. The fraction of sp³-hybridized carbons (Fsp3) is 0.211. The number of hydrogen-bond acceptors (Lipinski definition) is 5. The van der Waals surface area contributed by atoms with Crippen LogP contribution in [0.15, 0.2) is 54.9 Å². The second kappa shape index (κ2) is 6.49. The van der Waals surface area contributed by atoms with Gasteiger partial charge < -0.3 is 5.32 Å². The zero-order valence-electron chi connectivity index (χ0n) is 13.9. The Hall–Kier alpha value is -2.80. The zero-order valence-corrected chi connectivity index (χ0v) is 14.7. The summed E-state index contributed by atoms with van der Waals surface area (Å²) in [5.41, 5.74) is 2.66. The number of pyridine rings is 2. The molecule has 4 rings (SSSR count). The molecular formula is C19H17N3O3S. The highest BCUT2D eigenvalue weighted by atomic mass is 32.2. The van der Waals surface area contributed by atoms with Gasteiger partial charge in [0.15, 0.2) is 9.84 Å².